The van der Waals surface area contributed by atoms with E-state index in [9.17, 15) is 0 Å². The molecular formula is C16H23N3O. The number of aromatic nitrogens is 2. The van der Waals surface area contributed by atoms with Crippen molar-refractivity contribution >= 4 is 0 Å². The topological polar surface area (TPSA) is 39.1 Å². The molecule has 0 atom stereocenters. The monoisotopic (exact) mass is 273 g/mol. The van der Waals surface area contributed by atoms with Gasteiger partial charge in [-0.1, -0.05) is 18.2 Å². The lowest BCUT2D eigenvalue weighted by molar-refractivity contribution is 0.293. The molecule has 2 aromatic rings. The second kappa shape index (κ2) is 6.57. The normalized spacial score (nSPS) is 11.1. The molecule has 108 valence electrons. The van der Waals surface area contributed by atoms with Crippen molar-refractivity contribution in [1.29, 1.82) is 0 Å². The summed E-state index contributed by atoms with van der Waals surface area (Å²) in [6.07, 6.45) is 2.00. The van der Waals surface area contributed by atoms with Crippen molar-refractivity contribution in [1.82, 2.24) is 15.1 Å². The summed E-state index contributed by atoms with van der Waals surface area (Å²) in [5.41, 5.74) is 3.29. The minimum atomic E-state index is 0.377. The number of benzene rings is 1. The summed E-state index contributed by atoms with van der Waals surface area (Å²) in [6, 6.07) is 8.60. The molecule has 0 aliphatic heterocycles. The summed E-state index contributed by atoms with van der Waals surface area (Å²) in [5.74, 6) is 0.959. The molecule has 20 heavy (non-hydrogen) atoms. The molecule has 1 heterocycles. The molecule has 4 heteroatoms. The first-order chi connectivity index (χ1) is 9.61. The van der Waals surface area contributed by atoms with E-state index >= 15 is 0 Å². The highest BCUT2D eigenvalue weighted by Gasteiger charge is 2.08. The van der Waals surface area contributed by atoms with Crippen molar-refractivity contribution in [2.24, 2.45) is 0 Å². The summed E-state index contributed by atoms with van der Waals surface area (Å²) in [6.45, 7) is 7.61. The van der Waals surface area contributed by atoms with Crippen LogP contribution < -0.4 is 10.1 Å². The third-order valence-corrected chi connectivity index (χ3v) is 3.22. The third kappa shape index (κ3) is 3.39. The fraction of sp³-hybridized carbons (Fsp3) is 0.438. The van der Waals surface area contributed by atoms with Gasteiger partial charge in [0.25, 0.3) is 0 Å². The van der Waals surface area contributed by atoms with E-state index in [2.05, 4.69) is 49.4 Å². The molecule has 0 bridgehead atoms. The number of hydrogen-bond donors (Lipinski definition) is 1. The smallest absolute Gasteiger partial charge is 0.132 e. The zero-order chi connectivity index (χ0) is 14.5. The lowest BCUT2D eigenvalue weighted by atomic mass is 10.1. The van der Waals surface area contributed by atoms with Crippen LogP contribution in [-0.2, 0) is 13.2 Å². The number of nitrogens with zero attached hydrogens (tertiary/aromatic N) is 2. The molecule has 0 aliphatic carbocycles. The van der Waals surface area contributed by atoms with Crippen molar-refractivity contribution in [3.63, 3.8) is 0 Å². The number of nitrogens with one attached hydrogen (secondary N) is 1. The van der Waals surface area contributed by atoms with E-state index in [1.54, 1.807) is 0 Å². The second-order valence-electron chi connectivity index (χ2n) is 5.26. The fourth-order valence-corrected chi connectivity index (χ4v) is 2.14. The molecule has 0 amide bonds. The van der Waals surface area contributed by atoms with E-state index in [0.29, 0.717) is 12.6 Å². The summed E-state index contributed by atoms with van der Waals surface area (Å²) in [4.78, 5) is 0. The zero-order valence-corrected chi connectivity index (χ0v) is 12.7. The standard InChI is InChI=1S/C16H23N3O/c1-12(2)19-9-8-15(18-19)11-20-16-13(3)6-5-7-14(16)10-17-4/h5-9,12,17H,10-11H2,1-4H3. The number of para-hydroxylation sites is 1. The van der Waals surface area contributed by atoms with E-state index in [-0.39, 0.29) is 0 Å². The van der Waals surface area contributed by atoms with Crippen LogP contribution in [0.3, 0.4) is 0 Å². The van der Waals surface area contributed by atoms with Crippen LogP contribution >= 0.6 is 0 Å². The van der Waals surface area contributed by atoms with Gasteiger partial charge in [0.15, 0.2) is 0 Å². The number of rotatable bonds is 6. The Kier molecular flexibility index (Phi) is 4.79. The van der Waals surface area contributed by atoms with Crippen LogP contribution in [0.2, 0.25) is 0 Å². The highest BCUT2D eigenvalue weighted by atomic mass is 16.5. The molecule has 0 saturated heterocycles. The van der Waals surface area contributed by atoms with Crippen LogP contribution in [0.1, 0.15) is 36.7 Å². The van der Waals surface area contributed by atoms with Gasteiger partial charge >= 0.3 is 0 Å². The Morgan fingerprint density at radius 2 is 2.10 bits per heavy atom. The SMILES string of the molecule is CNCc1cccc(C)c1OCc1ccn(C(C)C)n1. The Hall–Kier alpha value is -1.81. The van der Waals surface area contributed by atoms with Gasteiger partial charge in [-0.3, -0.25) is 4.68 Å². The van der Waals surface area contributed by atoms with Crippen LogP contribution in [0, 0.1) is 6.92 Å². The first kappa shape index (κ1) is 14.6. The van der Waals surface area contributed by atoms with Crippen LogP contribution in [-0.4, -0.2) is 16.8 Å². The van der Waals surface area contributed by atoms with Crippen molar-refractivity contribution in [2.75, 3.05) is 7.05 Å². The van der Waals surface area contributed by atoms with Gasteiger partial charge in [0, 0.05) is 24.3 Å². The molecule has 1 N–H and O–H groups in total. The number of ether oxygens (including phenoxy) is 1. The average Bonchev–Trinajstić information content (AvgIpc) is 2.87. The average molecular weight is 273 g/mol. The molecule has 1 aromatic heterocycles. The molecule has 2 rings (SSSR count). The highest BCUT2D eigenvalue weighted by molar-refractivity contribution is 5.40. The van der Waals surface area contributed by atoms with Crippen LogP contribution in [0.4, 0.5) is 0 Å². The Balaban J connectivity index is 2.09. The maximum Gasteiger partial charge on any atom is 0.132 e. The first-order valence-electron chi connectivity index (χ1n) is 7.01. The molecular weight excluding hydrogens is 250 g/mol. The van der Waals surface area contributed by atoms with Gasteiger partial charge < -0.3 is 10.1 Å². The summed E-state index contributed by atoms with van der Waals surface area (Å²) in [5, 5.41) is 7.68. The van der Waals surface area contributed by atoms with Gasteiger partial charge in [-0.15, -0.1) is 0 Å². The maximum absolute atomic E-state index is 5.98. The van der Waals surface area contributed by atoms with E-state index in [4.69, 9.17) is 4.74 Å². The predicted octanol–water partition coefficient (Wildman–Crippen LogP) is 3.07. The minimum Gasteiger partial charge on any atom is -0.487 e. The van der Waals surface area contributed by atoms with E-state index in [1.165, 1.54) is 5.56 Å². The van der Waals surface area contributed by atoms with Gasteiger partial charge in [-0.2, -0.15) is 5.10 Å². The van der Waals surface area contributed by atoms with Crippen LogP contribution in [0.5, 0.6) is 5.75 Å². The Bertz CT molecular complexity index is 561. The second-order valence-corrected chi connectivity index (χ2v) is 5.26. The fourth-order valence-electron chi connectivity index (χ4n) is 2.14. The van der Waals surface area contributed by atoms with Crippen molar-refractivity contribution in [3.8, 4) is 5.75 Å². The lowest BCUT2D eigenvalue weighted by Gasteiger charge is -2.13. The third-order valence-electron chi connectivity index (χ3n) is 3.22. The highest BCUT2D eigenvalue weighted by Crippen LogP contribution is 2.24. The predicted molar refractivity (Wildman–Crippen MR) is 80.9 cm³/mol. The zero-order valence-electron chi connectivity index (χ0n) is 12.7. The van der Waals surface area contributed by atoms with E-state index in [0.717, 1.165) is 23.6 Å². The van der Waals surface area contributed by atoms with Gasteiger partial charge in [0.1, 0.15) is 12.4 Å². The van der Waals surface area contributed by atoms with Crippen molar-refractivity contribution in [3.05, 3.63) is 47.3 Å². The van der Waals surface area contributed by atoms with Gasteiger partial charge in [-0.05, 0) is 39.4 Å². The molecule has 1 aromatic carbocycles. The maximum atomic E-state index is 5.98. The quantitative estimate of drug-likeness (QED) is 0.879. The number of hydrogen-bond acceptors (Lipinski definition) is 3. The van der Waals surface area contributed by atoms with Crippen molar-refractivity contribution in [2.45, 2.75) is 40.0 Å². The van der Waals surface area contributed by atoms with Crippen molar-refractivity contribution < 1.29 is 4.74 Å². The van der Waals surface area contributed by atoms with Gasteiger partial charge in [-0.25, -0.2) is 0 Å². The number of aryl methyl sites for hydroxylation is 1. The molecule has 0 fully saturated rings. The molecule has 0 saturated carbocycles. The minimum absolute atomic E-state index is 0.377. The summed E-state index contributed by atoms with van der Waals surface area (Å²) in [7, 11) is 1.94. The van der Waals surface area contributed by atoms with Crippen LogP contribution in [0.15, 0.2) is 30.5 Å². The van der Waals surface area contributed by atoms with Gasteiger partial charge in [0.2, 0.25) is 0 Å². The van der Waals surface area contributed by atoms with Gasteiger partial charge in [0.05, 0.1) is 5.69 Å². The summed E-state index contributed by atoms with van der Waals surface area (Å²) >= 11 is 0. The Morgan fingerprint density at radius 3 is 2.75 bits per heavy atom. The van der Waals surface area contributed by atoms with E-state index in [1.807, 2.05) is 24.0 Å². The molecule has 0 aliphatic rings. The molecule has 0 spiro atoms. The van der Waals surface area contributed by atoms with Crippen LogP contribution in [0.25, 0.3) is 0 Å². The molecule has 0 radical (unpaired) electrons. The Morgan fingerprint density at radius 1 is 1.30 bits per heavy atom. The van der Waals surface area contributed by atoms with E-state index < -0.39 is 0 Å². The molecule has 0 unspecified atom stereocenters. The largest absolute Gasteiger partial charge is 0.487 e. The molecule has 4 nitrogen and oxygen atoms in total. The lowest BCUT2D eigenvalue weighted by Crippen LogP contribution is -2.09. The summed E-state index contributed by atoms with van der Waals surface area (Å²) < 4.78 is 7.93. The Labute approximate surface area is 120 Å². The first-order valence-corrected chi connectivity index (χ1v) is 7.01.